The molecule has 1 unspecified atom stereocenters. The van der Waals surface area contributed by atoms with Crippen LogP contribution in [0, 0.1) is 11.6 Å². The number of nitrogens with two attached hydrogens (primary N) is 1. The van der Waals surface area contributed by atoms with E-state index in [1.807, 2.05) is 4.90 Å². The van der Waals surface area contributed by atoms with Crippen molar-refractivity contribution in [3.63, 3.8) is 0 Å². The third-order valence-electron chi connectivity index (χ3n) is 2.94. The summed E-state index contributed by atoms with van der Waals surface area (Å²) < 4.78 is 25.9. The van der Waals surface area contributed by atoms with Gasteiger partial charge in [0, 0.05) is 25.7 Å². The van der Waals surface area contributed by atoms with E-state index in [2.05, 4.69) is 5.32 Å². The average molecular weight is 255 g/mol. The molecule has 1 amide bonds. The van der Waals surface area contributed by atoms with Crippen LogP contribution in [0.3, 0.4) is 0 Å². The first-order valence-corrected chi connectivity index (χ1v) is 5.76. The number of piperazine rings is 1. The summed E-state index contributed by atoms with van der Waals surface area (Å²) in [7, 11) is 0. The molecule has 0 bridgehead atoms. The third kappa shape index (κ3) is 3.02. The van der Waals surface area contributed by atoms with Crippen molar-refractivity contribution in [1.29, 1.82) is 0 Å². The summed E-state index contributed by atoms with van der Waals surface area (Å²) in [4.78, 5) is 13.1. The summed E-state index contributed by atoms with van der Waals surface area (Å²) in [5.74, 6) is -1.83. The second-order valence-corrected chi connectivity index (χ2v) is 4.37. The summed E-state index contributed by atoms with van der Waals surface area (Å²) in [5, 5.41) is 2.71. The van der Waals surface area contributed by atoms with Gasteiger partial charge < -0.3 is 11.1 Å². The van der Waals surface area contributed by atoms with Gasteiger partial charge in [0.05, 0.1) is 6.54 Å². The van der Waals surface area contributed by atoms with E-state index in [0.29, 0.717) is 25.2 Å². The minimum absolute atomic E-state index is 0.0428. The van der Waals surface area contributed by atoms with Gasteiger partial charge >= 0.3 is 0 Å². The molecule has 0 aromatic heterocycles. The molecule has 6 heteroatoms. The van der Waals surface area contributed by atoms with E-state index < -0.39 is 17.7 Å². The molecule has 98 valence electrons. The lowest BCUT2D eigenvalue weighted by Crippen LogP contribution is -2.49. The maximum absolute atomic E-state index is 13.1. The topological polar surface area (TPSA) is 58.4 Å². The SMILES string of the molecule is NC(CN1CCNC(=O)C1)c1ccc(F)c(F)c1. The Morgan fingerprint density at radius 2 is 2.17 bits per heavy atom. The third-order valence-corrected chi connectivity index (χ3v) is 2.94. The molecule has 0 saturated carbocycles. The first kappa shape index (κ1) is 12.9. The average Bonchev–Trinajstić information content (AvgIpc) is 2.32. The van der Waals surface area contributed by atoms with Crippen molar-refractivity contribution >= 4 is 5.91 Å². The number of carbonyl (C=O) groups excluding carboxylic acids is 1. The number of benzene rings is 1. The number of rotatable bonds is 3. The molecule has 0 radical (unpaired) electrons. The van der Waals surface area contributed by atoms with E-state index in [0.717, 1.165) is 12.1 Å². The zero-order valence-electron chi connectivity index (χ0n) is 9.83. The summed E-state index contributed by atoms with van der Waals surface area (Å²) >= 11 is 0. The predicted molar refractivity (Wildman–Crippen MR) is 62.7 cm³/mol. The Labute approximate surface area is 104 Å². The normalized spacial score (nSPS) is 18.5. The molecule has 3 N–H and O–H groups in total. The minimum atomic E-state index is -0.903. The zero-order valence-corrected chi connectivity index (χ0v) is 9.83. The summed E-state index contributed by atoms with van der Waals surface area (Å²) in [6.07, 6.45) is 0. The molecule has 1 heterocycles. The number of nitrogens with zero attached hydrogens (tertiary/aromatic N) is 1. The van der Waals surface area contributed by atoms with Crippen molar-refractivity contribution in [2.45, 2.75) is 6.04 Å². The van der Waals surface area contributed by atoms with Gasteiger partial charge in [0.1, 0.15) is 0 Å². The van der Waals surface area contributed by atoms with E-state index in [9.17, 15) is 13.6 Å². The van der Waals surface area contributed by atoms with Crippen LogP contribution in [0.25, 0.3) is 0 Å². The lowest BCUT2D eigenvalue weighted by molar-refractivity contribution is -0.124. The number of carbonyl (C=O) groups is 1. The number of hydrogen-bond donors (Lipinski definition) is 2. The van der Waals surface area contributed by atoms with E-state index in [-0.39, 0.29) is 12.5 Å². The molecule has 4 nitrogen and oxygen atoms in total. The Morgan fingerprint density at radius 1 is 1.39 bits per heavy atom. The maximum Gasteiger partial charge on any atom is 0.234 e. The van der Waals surface area contributed by atoms with Crippen molar-refractivity contribution in [2.75, 3.05) is 26.2 Å². The van der Waals surface area contributed by atoms with Gasteiger partial charge in [0.25, 0.3) is 0 Å². The smallest absolute Gasteiger partial charge is 0.234 e. The monoisotopic (exact) mass is 255 g/mol. The van der Waals surface area contributed by atoms with Crippen molar-refractivity contribution < 1.29 is 13.6 Å². The Morgan fingerprint density at radius 3 is 2.83 bits per heavy atom. The maximum atomic E-state index is 13.1. The fraction of sp³-hybridized carbons (Fsp3) is 0.417. The molecule has 1 atom stereocenters. The summed E-state index contributed by atoms with van der Waals surface area (Å²) in [5.41, 5.74) is 6.46. The quantitative estimate of drug-likeness (QED) is 0.821. The highest BCUT2D eigenvalue weighted by atomic mass is 19.2. The van der Waals surface area contributed by atoms with Crippen LogP contribution in [0.15, 0.2) is 18.2 Å². The van der Waals surface area contributed by atoms with Crippen LogP contribution < -0.4 is 11.1 Å². The molecule has 1 fully saturated rings. The molecule has 18 heavy (non-hydrogen) atoms. The van der Waals surface area contributed by atoms with E-state index in [4.69, 9.17) is 5.73 Å². The minimum Gasteiger partial charge on any atom is -0.354 e. The van der Waals surface area contributed by atoms with Gasteiger partial charge in [0.15, 0.2) is 11.6 Å². The van der Waals surface area contributed by atoms with Crippen LogP contribution in [0.2, 0.25) is 0 Å². The van der Waals surface area contributed by atoms with Crippen LogP contribution in [0.1, 0.15) is 11.6 Å². The number of halogens is 2. The van der Waals surface area contributed by atoms with Gasteiger partial charge in [-0.15, -0.1) is 0 Å². The highest BCUT2D eigenvalue weighted by molar-refractivity contribution is 5.78. The molecular weight excluding hydrogens is 240 g/mol. The molecule has 1 aliphatic rings. The Bertz CT molecular complexity index is 453. The van der Waals surface area contributed by atoms with Gasteiger partial charge in [-0.2, -0.15) is 0 Å². The van der Waals surface area contributed by atoms with Crippen molar-refractivity contribution in [3.05, 3.63) is 35.4 Å². The van der Waals surface area contributed by atoms with Gasteiger partial charge in [-0.25, -0.2) is 8.78 Å². The first-order valence-electron chi connectivity index (χ1n) is 5.76. The molecule has 1 aromatic carbocycles. The van der Waals surface area contributed by atoms with E-state index >= 15 is 0 Å². The molecular formula is C12H15F2N3O. The molecule has 0 aliphatic carbocycles. The van der Waals surface area contributed by atoms with Crippen LogP contribution in [0.4, 0.5) is 8.78 Å². The van der Waals surface area contributed by atoms with Gasteiger partial charge in [-0.3, -0.25) is 9.69 Å². The standard InChI is InChI=1S/C12H15F2N3O/c13-9-2-1-8(5-10(9)14)11(15)6-17-4-3-16-12(18)7-17/h1-2,5,11H,3-4,6-7,15H2,(H,16,18). The fourth-order valence-corrected chi connectivity index (χ4v) is 1.97. The molecule has 1 saturated heterocycles. The van der Waals surface area contributed by atoms with Crippen LogP contribution in [-0.2, 0) is 4.79 Å². The van der Waals surface area contributed by atoms with Crippen LogP contribution in [0.5, 0.6) is 0 Å². The predicted octanol–water partition coefficient (Wildman–Crippen LogP) is 0.396. The second-order valence-electron chi connectivity index (χ2n) is 4.37. The number of hydrogen-bond acceptors (Lipinski definition) is 3. The van der Waals surface area contributed by atoms with Gasteiger partial charge in [-0.05, 0) is 17.7 Å². The summed E-state index contributed by atoms with van der Waals surface area (Å²) in [6.45, 7) is 2.03. The Balaban J connectivity index is 2.00. The Hall–Kier alpha value is -1.53. The summed E-state index contributed by atoms with van der Waals surface area (Å²) in [6, 6.07) is 3.19. The van der Waals surface area contributed by atoms with Gasteiger partial charge in [-0.1, -0.05) is 6.07 Å². The zero-order chi connectivity index (χ0) is 13.1. The molecule has 2 rings (SSSR count). The van der Waals surface area contributed by atoms with Crippen molar-refractivity contribution in [1.82, 2.24) is 10.2 Å². The lowest BCUT2D eigenvalue weighted by atomic mass is 10.1. The van der Waals surface area contributed by atoms with Gasteiger partial charge in [0.2, 0.25) is 5.91 Å². The molecule has 1 aliphatic heterocycles. The number of amides is 1. The lowest BCUT2D eigenvalue weighted by Gasteiger charge is -2.28. The van der Waals surface area contributed by atoms with Crippen LogP contribution in [-0.4, -0.2) is 37.0 Å². The molecule has 0 spiro atoms. The second kappa shape index (κ2) is 5.41. The van der Waals surface area contributed by atoms with E-state index in [1.54, 1.807) is 0 Å². The highest BCUT2D eigenvalue weighted by Gasteiger charge is 2.19. The van der Waals surface area contributed by atoms with Crippen molar-refractivity contribution in [2.24, 2.45) is 5.73 Å². The fourth-order valence-electron chi connectivity index (χ4n) is 1.97. The number of nitrogens with one attached hydrogen (secondary N) is 1. The largest absolute Gasteiger partial charge is 0.354 e. The Kier molecular flexibility index (Phi) is 3.88. The first-order chi connectivity index (χ1) is 8.56. The highest BCUT2D eigenvalue weighted by Crippen LogP contribution is 2.15. The van der Waals surface area contributed by atoms with Crippen LogP contribution >= 0.6 is 0 Å². The van der Waals surface area contributed by atoms with E-state index in [1.165, 1.54) is 6.07 Å². The van der Waals surface area contributed by atoms with Crippen molar-refractivity contribution in [3.8, 4) is 0 Å². The molecule has 1 aromatic rings.